The second kappa shape index (κ2) is 3.49. The lowest BCUT2D eigenvalue weighted by Crippen LogP contribution is -2.50. The summed E-state index contributed by atoms with van der Waals surface area (Å²) < 4.78 is 5.73. The lowest BCUT2D eigenvalue weighted by atomic mass is 9.76. The first-order valence-corrected chi connectivity index (χ1v) is 5.56. The Kier molecular flexibility index (Phi) is 2.11. The number of hydrogen-bond acceptors (Lipinski definition) is 3. The molecule has 1 aromatic carbocycles. The fraction of sp³-hybridized carbons (Fsp3) is 0.417. The van der Waals surface area contributed by atoms with Crippen LogP contribution in [0.25, 0.3) is 0 Å². The third kappa shape index (κ3) is 1.46. The molecule has 0 saturated heterocycles. The van der Waals surface area contributed by atoms with E-state index in [2.05, 4.69) is 5.32 Å². The molecule has 3 N–H and O–H groups in total. The monoisotopic (exact) mass is 218 g/mol. The van der Waals surface area contributed by atoms with E-state index >= 15 is 0 Å². The minimum atomic E-state index is -0.366. The molecule has 0 aromatic heterocycles. The lowest BCUT2D eigenvalue weighted by Gasteiger charge is -2.39. The molecule has 1 aliphatic heterocycles. The summed E-state index contributed by atoms with van der Waals surface area (Å²) in [6.45, 7) is 0. The van der Waals surface area contributed by atoms with Gasteiger partial charge >= 0.3 is 0 Å². The van der Waals surface area contributed by atoms with Crippen molar-refractivity contribution < 1.29 is 9.53 Å². The first-order valence-electron chi connectivity index (χ1n) is 5.56. The van der Waals surface area contributed by atoms with Gasteiger partial charge in [0.2, 0.25) is 0 Å². The molecule has 4 nitrogen and oxygen atoms in total. The van der Waals surface area contributed by atoms with Gasteiger partial charge in [-0.25, -0.2) is 0 Å². The lowest BCUT2D eigenvalue weighted by molar-refractivity contribution is -0.127. The Bertz CT molecular complexity index is 427. The van der Waals surface area contributed by atoms with Crippen LogP contribution in [0.5, 0.6) is 5.75 Å². The maximum atomic E-state index is 11.8. The van der Waals surface area contributed by atoms with Crippen LogP contribution in [-0.4, -0.2) is 18.1 Å². The van der Waals surface area contributed by atoms with Crippen molar-refractivity contribution in [3.05, 3.63) is 24.3 Å². The van der Waals surface area contributed by atoms with Crippen LogP contribution in [0.15, 0.2) is 24.3 Å². The number of carbonyl (C=O) groups is 1. The van der Waals surface area contributed by atoms with Crippen molar-refractivity contribution in [3.63, 3.8) is 0 Å². The Morgan fingerprint density at radius 1 is 1.31 bits per heavy atom. The van der Waals surface area contributed by atoms with E-state index in [9.17, 15) is 4.79 Å². The van der Waals surface area contributed by atoms with Crippen LogP contribution in [0.2, 0.25) is 0 Å². The van der Waals surface area contributed by atoms with Crippen molar-refractivity contribution >= 4 is 11.6 Å². The number of nitrogens with two attached hydrogens (primary N) is 1. The number of anilines is 1. The molecule has 1 fully saturated rings. The second-order valence-corrected chi connectivity index (χ2v) is 4.52. The van der Waals surface area contributed by atoms with Crippen LogP contribution in [-0.2, 0) is 4.79 Å². The van der Waals surface area contributed by atoms with Gasteiger partial charge in [-0.3, -0.25) is 4.79 Å². The largest absolute Gasteiger partial charge is 0.478 e. The number of ether oxygens (including phenoxy) is 1. The number of rotatable bonds is 1. The summed E-state index contributed by atoms with van der Waals surface area (Å²) >= 11 is 0. The fourth-order valence-corrected chi connectivity index (χ4v) is 2.33. The van der Waals surface area contributed by atoms with E-state index in [1.54, 1.807) is 0 Å². The summed E-state index contributed by atoms with van der Waals surface area (Å²) in [4.78, 5) is 11.8. The SMILES string of the molecule is NC1CC(C2Oc3ccccc3NC2=O)C1. The van der Waals surface area contributed by atoms with Gasteiger partial charge in [-0.05, 0) is 25.0 Å². The zero-order valence-corrected chi connectivity index (χ0v) is 8.85. The zero-order valence-electron chi connectivity index (χ0n) is 8.85. The van der Waals surface area contributed by atoms with Crippen molar-refractivity contribution in [2.45, 2.75) is 25.0 Å². The topological polar surface area (TPSA) is 64.3 Å². The van der Waals surface area contributed by atoms with Crippen LogP contribution in [0.3, 0.4) is 0 Å². The molecule has 1 heterocycles. The molecule has 0 spiro atoms. The highest BCUT2D eigenvalue weighted by molar-refractivity contribution is 5.97. The third-order valence-corrected chi connectivity index (χ3v) is 3.30. The molecular formula is C12H14N2O2. The molecule has 1 atom stereocenters. The number of hydrogen-bond donors (Lipinski definition) is 2. The van der Waals surface area contributed by atoms with Gasteiger partial charge in [0.15, 0.2) is 6.10 Å². The summed E-state index contributed by atoms with van der Waals surface area (Å²) in [6, 6.07) is 7.73. The molecule has 84 valence electrons. The Hall–Kier alpha value is -1.55. The van der Waals surface area contributed by atoms with Crippen molar-refractivity contribution in [3.8, 4) is 5.75 Å². The van der Waals surface area contributed by atoms with Crippen LogP contribution >= 0.6 is 0 Å². The predicted molar refractivity (Wildman–Crippen MR) is 60.2 cm³/mol. The number of amides is 1. The molecule has 1 aromatic rings. The van der Waals surface area contributed by atoms with E-state index in [1.165, 1.54) is 0 Å². The summed E-state index contributed by atoms with van der Waals surface area (Å²) in [5.74, 6) is 0.978. The van der Waals surface area contributed by atoms with E-state index in [4.69, 9.17) is 10.5 Å². The van der Waals surface area contributed by atoms with Gasteiger partial charge in [0.05, 0.1) is 5.69 Å². The second-order valence-electron chi connectivity index (χ2n) is 4.52. The van der Waals surface area contributed by atoms with Gasteiger partial charge in [0, 0.05) is 12.0 Å². The molecule has 0 radical (unpaired) electrons. The van der Waals surface area contributed by atoms with Gasteiger partial charge < -0.3 is 15.8 Å². The first-order chi connectivity index (χ1) is 7.74. The minimum absolute atomic E-state index is 0.0457. The van der Waals surface area contributed by atoms with E-state index < -0.39 is 0 Å². The van der Waals surface area contributed by atoms with Crippen molar-refractivity contribution in [2.75, 3.05) is 5.32 Å². The molecule has 1 aliphatic carbocycles. The molecule has 4 heteroatoms. The zero-order chi connectivity index (χ0) is 11.1. The van der Waals surface area contributed by atoms with Crippen LogP contribution in [0, 0.1) is 5.92 Å². The summed E-state index contributed by atoms with van der Waals surface area (Å²) in [6.07, 6.45) is 1.38. The standard InChI is InChI=1S/C12H14N2O2/c13-8-5-7(6-8)11-12(15)14-9-3-1-2-4-10(9)16-11/h1-4,7-8,11H,5-6,13H2,(H,14,15). The van der Waals surface area contributed by atoms with Gasteiger partial charge in [0.1, 0.15) is 5.75 Å². The molecule has 3 rings (SSSR count). The Balaban J connectivity index is 1.81. The normalized spacial score (nSPS) is 32.1. The smallest absolute Gasteiger partial charge is 0.265 e. The highest BCUT2D eigenvalue weighted by Crippen LogP contribution is 2.36. The highest BCUT2D eigenvalue weighted by Gasteiger charge is 2.40. The van der Waals surface area contributed by atoms with Gasteiger partial charge in [0.25, 0.3) is 5.91 Å². The summed E-state index contributed by atoms with van der Waals surface area (Å²) in [5, 5.41) is 2.87. The molecule has 16 heavy (non-hydrogen) atoms. The molecule has 1 amide bonds. The van der Waals surface area contributed by atoms with Crippen LogP contribution < -0.4 is 15.8 Å². The number of fused-ring (bicyclic) bond motifs is 1. The van der Waals surface area contributed by atoms with Crippen molar-refractivity contribution in [1.29, 1.82) is 0 Å². The average molecular weight is 218 g/mol. The molecule has 1 unspecified atom stereocenters. The van der Waals surface area contributed by atoms with Gasteiger partial charge in [-0.2, -0.15) is 0 Å². The quantitative estimate of drug-likeness (QED) is 0.742. The maximum absolute atomic E-state index is 11.8. The molecule has 0 bridgehead atoms. The summed E-state index contributed by atoms with van der Waals surface area (Å²) in [5.41, 5.74) is 6.49. The van der Waals surface area contributed by atoms with E-state index in [0.717, 1.165) is 24.3 Å². The number of nitrogens with one attached hydrogen (secondary N) is 1. The number of carbonyl (C=O) groups excluding carboxylic acids is 1. The van der Waals surface area contributed by atoms with Crippen molar-refractivity contribution in [1.82, 2.24) is 0 Å². The molecular weight excluding hydrogens is 204 g/mol. The average Bonchev–Trinajstić information content (AvgIpc) is 2.24. The Labute approximate surface area is 93.8 Å². The molecule has 2 aliphatic rings. The molecule has 1 saturated carbocycles. The van der Waals surface area contributed by atoms with Crippen LogP contribution in [0.1, 0.15) is 12.8 Å². The number of benzene rings is 1. The van der Waals surface area contributed by atoms with Gasteiger partial charge in [-0.15, -0.1) is 0 Å². The first kappa shape index (κ1) is 9.66. The Morgan fingerprint density at radius 3 is 2.81 bits per heavy atom. The highest BCUT2D eigenvalue weighted by atomic mass is 16.5. The number of para-hydroxylation sites is 2. The van der Waals surface area contributed by atoms with Gasteiger partial charge in [-0.1, -0.05) is 12.1 Å². The van der Waals surface area contributed by atoms with Crippen molar-refractivity contribution in [2.24, 2.45) is 11.7 Å². The van der Waals surface area contributed by atoms with E-state index in [0.29, 0.717) is 0 Å². The van der Waals surface area contributed by atoms with E-state index in [-0.39, 0.29) is 24.0 Å². The predicted octanol–water partition coefficient (Wildman–Crippen LogP) is 1.12. The minimum Gasteiger partial charge on any atom is -0.478 e. The maximum Gasteiger partial charge on any atom is 0.265 e. The third-order valence-electron chi connectivity index (χ3n) is 3.30. The Morgan fingerprint density at radius 2 is 2.06 bits per heavy atom. The fourth-order valence-electron chi connectivity index (χ4n) is 2.33. The summed E-state index contributed by atoms with van der Waals surface area (Å²) in [7, 11) is 0. The van der Waals surface area contributed by atoms with Crippen LogP contribution in [0.4, 0.5) is 5.69 Å². The van der Waals surface area contributed by atoms with E-state index in [1.807, 2.05) is 24.3 Å².